The van der Waals surface area contributed by atoms with Gasteiger partial charge in [-0.05, 0) is 37.8 Å². The van der Waals surface area contributed by atoms with Crippen LogP contribution in [-0.4, -0.2) is 28.9 Å². The highest BCUT2D eigenvalue weighted by Gasteiger charge is 2.30. The molecule has 0 fully saturated rings. The second kappa shape index (κ2) is 7.28. The lowest BCUT2D eigenvalue weighted by atomic mass is 9.96. The van der Waals surface area contributed by atoms with Crippen LogP contribution in [0.15, 0.2) is 40.5 Å². The summed E-state index contributed by atoms with van der Waals surface area (Å²) in [5.74, 6) is -0.440. The smallest absolute Gasteiger partial charge is 0.338 e. The van der Waals surface area contributed by atoms with Crippen molar-refractivity contribution in [3.63, 3.8) is 0 Å². The molecule has 0 amide bonds. The van der Waals surface area contributed by atoms with Crippen LogP contribution in [0.4, 0.5) is 5.69 Å². The molecule has 0 saturated heterocycles. The van der Waals surface area contributed by atoms with Crippen LogP contribution in [-0.2, 0) is 9.53 Å². The first-order valence-electron chi connectivity index (χ1n) is 6.99. The molecule has 2 rings (SSSR count). The molecule has 8 heteroatoms. The number of hydrogen-bond acceptors (Lipinski definition) is 7. The van der Waals surface area contributed by atoms with Crippen LogP contribution < -0.4 is 5.32 Å². The van der Waals surface area contributed by atoms with Gasteiger partial charge in [-0.25, -0.2) is 9.79 Å². The van der Waals surface area contributed by atoms with E-state index in [1.807, 2.05) is 6.26 Å². The second-order valence-electron chi connectivity index (χ2n) is 4.77. The molecule has 0 bridgehead atoms. The minimum atomic E-state index is -0.543. The van der Waals surface area contributed by atoms with Crippen molar-refractivity contribution < 1.29 is 14.5 Å². The Morgan fingerprint density at radius 2 is 2.09 bits per heavy atom. The highest BCUT2D eigenvalue weighted by Crippen LogP contribution is 2.33. The summed E-state index contributed by atoms with van der Waals surface area (Å²) in [4.78, 5) is 27.1. The van der Waals surface area contributed by atoms with E-state index in [1.54, 1.807) is 26.0 Å². The summed E-state index contributed by atoms with van der Waals surface area (Å²) in [6, 6.07) is 5.50. The first-order valence-corrected chi connectivity index (χ1v) is 8.21. The number of nitro benzene ring substituents is 1. The van der Waals surface area contributed by atoms with E-state index >= 15 is 0 Å². The molecule has 0 unspecified atom stereocenters. The number of aliphatic imine (C=N–C) groups is 1. The van der Waals surface area contributed by atoms with Gasteiger partial charge in [0.2, 0.25) is 0 Å². The fourth-order valence-corrected chi connectivity index (χ4v) is 2.71. The first kappa shape index (κ1) is 17.0. The molecule has 1 aliphatic heterocycles. The number of nitro groups is 1. The summed E-state index contributed by atoms with van der Waals surface area (Å²) in [5.41, 5.74) is 1.78. The van der Waals surface area contributed by atoms with Crippen molar-refractivity contribution in [3.8, 4) is 0 Å². The number of non-ortho nitro benzene ring substituents is 1. The lowest BCUT2D eigenvalue weighted by Gasteiger charge is -2.25. The average molecular weight is 335 g/mol. The minimum Gasteiger partial charge on any atom is -0.463 e. The maximum atomic E-state index is 12.3. The van der Waals surface area contributed by atoms with Crippen molar-refractivity contribution >= 4 is 28.6 Å². The fourth-order valence-electron chi connectivity index (χ4n) is 2.24. The van der Waals surface area contributed by atoms with E-state index in [-0.39, 0.29) is 12.3 Å². The molecule has 23 heavy (non-hydrogen) atoms. The summed E-state index contributed by atoms with van der Waals surface area (Å²) in [6.07, 6.45) is 1.88. The van der Waals surface area contributed by atoms with Crippen LogP contribution in [0.5, 0.6) is 0 Å². The van der Waals surface area contributed by atoms with Crippen LogP contribution in [0, 0.1) is 10.1 Å². The van der Waals surface area contributed by atoms with Gasteiger partial charge < -0.3 is 10.1 Å². The number of hydrogen-bond donors (Lipinski definition) is 1. The van der Waals surface area contributed by atoms with Gasteiger partial charge in [-0.3, -0.25) is 10.1 Å². The van der Waals surface area contributed by atoms with Crippen LogP contribution in [0.2, 0.25) is 0 Å². The van der Waals surface area contributed by atoms with Gasteiger partial charge in [-0.2, -0.15) is 0 Å². The van der Waals surface area contributed by atoms with Crippen LogP contribution >= 0.6 is 11.8 Å². The third-order valence-electron chi connectivity index (χ3n) is 3.33. The number of carbonyl (C=O) groups is 1. The molecule has 122 valence electrons. The molecule has 0 radical (unpaired) electrons. The van der Waals surface area contributed by atoms with E-state index in [0.717, 1.165) is 0 Å². The standard InChI is InChI=1S/C15H17N3O4S/c1-4-22-14(19)12-9(2)16-15(23-3)17-13(12)10-5-7-11(8-6-10)18(20)21/h5-8,13H,4H2,1-3H3,(H,16,17)/t13-/m0/s1. The van der Waals surface area contributed by atoms with E-state index in [0.29, 0.717) is 22.0 Å². The van der Waals surface area contributed by atoms with Crippen molar-refractivity contribution in [3.05, 3.63) is 51.2 Å². The van der Waals surface area contributed by atoms with Gasteiger partial charge in [-0.15, -0.1) is 0 Å². The number of carbonyl (C=O) groups excluding carboxylic acids is 1. The van der Waals surface area contributed by atoms with Crippen LogP contribution in [0.1, 0.15) is 25.5 Å². The Morgan fingerprint density at radius 1 is 1.43 bits per heavy atom. The summed E-state index contributed by atoms with van der Waals surface area (Å²) < 4.78 is 5.11. The first-order chi connectivity index (χ1) is 11.0. The maximum absolute atomic E-state index is 12.3. The van der Waals surface area contributed by atoms with E-state index < -0.39 is 16.9 Å². The number of rotatable bonds is 4. The fraction of sp³-hybridized carbons (Fsp3) is 0.333. The summed E-state index contributed by atoms with van der Waals surface area (Å²) in [7, 11) is 0. The number of nitrogens with zero attached hydrogens (tertiary/aromatic N) is 2. The molecule has 1 aliphatic rings. The molecule has 0 saturated carbocycles. The Morgan fingerprint density at radius 3 is 2.61 bits per heavy atom. The van der Waals surface area contributed by atoms with E-state index in [9.17, 15) is 14.9 Å². The molecule has 1 N–H and O–H groups in total. The van der Waals surface area contributed by atoms with Crippen molar-refractivity contribution in [1.29, 1.82) is 0 Å². The summed E-state index contributed by atoms with van der Waals surface area (Å²) in [6.45, 7) is 3.79. The normalized spacial score (nSPS) is 17.3. The quantitative estimate of drug-likeness (QED) is 0.516. The number of benzene rings is 1. The molecular weight excluding hydrogens is 318 g/mol. The summed E-state index contributed by atoms with van der Waals surface area (Å²) in [5, 5.41) is 14.5. The molecule has 0 aliphatic carbocycles. The van der Waals surface area contributed by atoms with Crippen molar-refractivity contribution in [2.75, 3.05) is 12.9 Å². The number of nitrogens with one attached hydrogen (secondary N) is 1. The highest BCUT2D eigenvalue weighted by molar-refractivity contribution is 8.13. The Bertz CT molecular complexity index is 682. The van der Waals surface area contributed by atoms with Gasteiger partial charge in [0.25, 0.3) is 5.69 Å². The lowest BCUT2D eigenvalue weighted by Crippen LogP contribution is -2.30. The lowest BCUT2D eigenvalue weighted by molar-refractivity contribution is -0.384. The average Bonchev–Trinajstić information content (AvgIpc) is 2.54. The van der Waals surface area contributed by atoms with Crippen molar-refractivity contribution in [1.82, 2.24) is 5.32 Å². The Labute approximate surface area is 138 Å². The van der Waals surface area contributed by atoms with Gasteiger partial charge >= 0.3 is 5.97 Å². The monoisotopic (exact) mass is 335 g/mol. The zero-order valence-electron chi connectivity index (χ0n) is 13.0. The zero-order valence-corrected chi connectivity index (χ0v) is 13.8. The maximum Gasteiger partial charge on any atom is 0.338 e. The predicted molar refractivity (Wildman–Crippen MR) is 89.3 cm³/mol. The molecule has 1 aromatic rings. The van der Waals surface area contributed by atoms with Crippen LogP contribution in [0.25, 0.3) is 0 Å². The summed E-state index contributed by atoms with van der Waals surface area (Å²) >= 11 is 1.43. The largest absolute Gasteiger partial charge is 0.463 e. The number of thioether (sulfide) groups is 1. The van der Waals surface area contributed by atoms with Crippen LogP contribution in [0.3, 0.4) is 0 Å². The van der Waals surface area contributed by atoms with Gasteiger partial charge in [-0.1, -0.05) is 11.8 Å². The molecule has 0 aromatic heterocycles. The third kappa shape index (κ3) is 3.70. The molecule has 7 nitrogen and oxygen atoms in total. The highest BCUT2D eigenvalue weighted by atomic mass is 32.2. The van der Waals surface area contributed by atoms with E-state index in [2.05, 4.69) is 10.3 Å². The molecule has 1 aromatic carbocycles. The SMILES string of the molecule is CCOC(=O)C1=C(C)NC(SC)=N[C@H]1c1ccc([N+](=O)[O-])cc1. The Balaban J connectivity index is 2.44. The number of allylic oxidation sites excluding steroid dienone is 1. The predicted octanol–water partition coefficient (Wildman–Crippen LogP) is 2.80. The van der Waals surface area contributed by atoms with Gasteiger partial charge in [0.1, 0.15) is 6.04 Å². The molecule has 1 atom stereocenters. The minimum absolute atomic E-state index is 0.00450. The van der Waals surface area contributed by atoms with Crippen molar-refractivity contribution in [2.45, 2.75) is 19.9 Å². The van der Waals surface area contributed by atoms with Crippen molar-refractivity contribution in [2.24, 2.45) is 4.99 Å². The van der Waals surface area contributed by atoms with Gasteiger partial charge in [0.15, 0.2) is 5.17 Å². The van der Waals surface area contributed by atoms with E-state index in [4.69, 9.17) is 4.74 Å². The van der Waals surface area contributed by atoms with Gasteiger partial charge in [0.05, 0.1) is 17.1 Å². The molecular formula is C15H17N3O4S. The zero-order chi connectivity index (χ0) is 17.0. The molecule has 0 spiro atoms. The Hall–Kier alpha value is -2.35. The Kier molecular flexibility index (Phi) is 5.38. The second-order valence-corrected chi connectivity index (χ2v) is 5.57. The third-order valence-corrected chi connectivity index (χ3v) is 3.92. The number of ether oxygens (including phenoxy) is 1. The topological polar surface area (TPSA) is 93.8 Å². The molecule has 1 heterocycles. The number of esters is 1. The van der Waals surface area contributed by atoms with E-state index in [1.165, 1.54) is 23.9 Å². The van der Waals surface area contributed by atoms with Gasteiger partial charge in [0, 0.05) is 17.8 Å². The number of amidine groups is 1.